The van der Waals surface area contributed by atoms with Gasteiger partial charge in [0.05, 0.1) is 25.3 Å². The predicted molar refractivity (Wildman–Crippen MR) is 83.9 cm³/mol. The molecule has 1 aromatic heterocycles. The lowest BCUT2D eigenvalue weighted by atomic mass is 10.1. The molecule has 0 unspecified atom stereocenters. The first-order valence-electron chi connectivity index (χ1n) is 7.25. The number of benzene rings is 1. The predicted octanol–water partition coefficient (Wildman–Crippen LogP) is 3.06. The van der Waals surface area contributed by atoms with Crippen LogP contribution in [-0.2, 0) is 11.2 Å². The van der Waals surface area contributed by atoms with E-state index in [9.17, 15) is 4.79 Å². The van der Waals surface area contributed by atoms with Crippen molar-refractivity contribution in [2.45, 2.75) is 33.2 Å². The summed E-state index contributed by atoms with van der Waals surface area (Å²) in [5.41, 5.74) is 2.71. The Morgan fingerprint density at radius 2 is 1.95 bits per heavy atom. The van der Waals surface area contributed by atoms with Crippen LogP contribution in [0.4, 0.5) is 0 Å². The van der Waals surface area contributed by atoms with Crippen molar-refractivity contribution < 1.29 is 14.1 Å². The first kappa shape index (κ1) is 16.1. The maximum Gasteiger partial charge on any atom is 0.227 e. The van der Waals surface area contributed by atoms with Crippen molar-refractivity contribution in [3.05, 3.63) is 46.8 Å². The Morgan fingerprint density at radius 3 is 2.45 bits per heavy atom. The molecule has 1 atom stereocenters. The fraction of sp³-hybridized carbons (Fsp3) is 0.412. The van der Waals surface area contributed by atoms with E-state index in [1.54, 1.807) is 12.0 Å². The van der Waals surface area contributed by atoms with E-state index >= 15 is 0 Å². The fourth-order valence-corrected chi connectivity index (χ4v) is 2.35. The summed E-state index contributed by atoms with van der Waals surface area (Å²) in [7, 11) is 3.45. The van der Waals surface area contributed by atoms with Crippen molar-refractivity contribution in [1.29, 1.82) is 0 Å². The zero-order valence-corrected chi connectivity index (χ0v) is 13.7. The van der Waals surface area contributed by atoms with Crippen LogP contribution in [0, 0.1) is 13.8 Å². The van der Waals surface area contributed by atoms with Gasteiger partial charge in [0.15, 0.2) is 0 Å². The van der Waals surface area contributed by atoms with Gasteiger partial charge in [-0.2, -0.15) is 0 Å². The highest BCUT2D eigenvalue weighted by atomic mass is 16.5. The summed E-state index contributed by atoms with van der Waals surface area (Å²) in [6.45, 7) is 5.69. The van der Waals surface area contributed by atoms with Gasteiger partial charge < -0.3 is 14.2 Å². The van der Waals surface area contributed by atoms with E-state index in [0.29, 0.717) is 12.2 Å². The molecule has 0 saturated heterocycles. The van der Waals surface area contributed by atoms with Gasteiger partial charge in [-0.1, -0.05) is 17.3 Å². The third-order valence-electron chi connectivity index (χ3n) is 4.08. The zero-order valence-electron chi connectivity index (χ0n) is 13.7. The molecule has 1 heterocycles. The van der Waals surface area contributed by atoms with Crippen LogP contribution in [0.2, 0.25) is 0 Å². The van der Waals surface area contributed by atoms with Crippen LogP contribution in [0.15, 0.2) is 28.8 Å². The van der Waals surface area contributed by atoms with Crippen LogP contribution < -0.4 is 4.74 Å². The SMILES string of the molecule is COc1ccc([C@@H](C)N(C)C(=O)Cc2c(C)noc2C)cc1. The molecular formula is C17H22N2O3. The van der Waals surface area contributed by atoms with Crippen molar-refractivity contribution in [1.82, 2.24) is 10.1 Å². The third-order valence-corrected chi connectivity index (χ3v) is 4.08. The molecule has 0 spiro atoms. The molecule has 5 nitrogen and oxygen atoms in total. The van der Waals surface area contributed by atoms with Gasteiger partial charge in [-0.15, -0.1) is 0 Å². The van der Waals surface area contributed by atoms with Crippen LogP contribution in [0.5, 0.6) is 5.75 Å². The molecule has 0 radical (unpaired) electrons. The average molecular weight is 302 g/mol. The van der Waals surface area contributed by atoms with E-state index in [-0.39, 0.29) is 11.9 Å². The van der Waals surface area contributed by atoms with Crippen LogP contribution >= 0.6 is 0 Å². The van der Waals surface area contributed by atoms with Crippen LogP contribution in [0.3, 0.4) is 0 Å². The monoisotopic (exact) mass is 302 g/mol. The quantitative estimate of drug-likeness (QED) is 0.852. The smallest absolute Gasteiger partial charge is 0.227 e. The molecule has 2 rings (SSSR count). The minimum Gasteiger partial charge on any atom is -0.497 e. The summed E-state index contributed by atoms with van der Waals surface area (Å²) < 4.78 is 10.3. The number of rotatable bonds is 5. The van der Waals surface area contributed by atoms with Gasteiger partial charge in [-0.3, -0.25) is 4.79 Å². The Labute approximate surface area is 130 Å². The van der Waals surface area contributed by atoms with Crippen molar-refractivity contribution >= 4 is 5.91 Å². The maximum atomic E-state index is 12.5. The Bertz CT molecular complexity index is 627. The number of carbonyl (C=O) groups excluding carboxylic acids is 1. The topological polar surface area (TPSA) is 55.6 Å². The highest BCUT2D eigenvalue weighted by Crippen LogP contribution is 2.23. The van der Waals surface area contributed by atoms with Gasteiger partial charge in [-0.05, 0) is 38.5 Å². The molecule has 0 aliphatic carbocycles. The van der Waals surface area contributed by atoms with E-state index in [1.165, 1.54) is 0 Å². The second-order valence-electron chi connectivity index (χ2n) is 5.43. The second kappa shape index (κ2) is 6.64. The molecule has 2 aromatic rings. The van der Waals surface area contributed by atoms with Crippen molar-refractivity contribution in [2.24, 2.45) is 0 Å². The summed E-state index contributed by atoms with van der Waals surface area (Å²) in [6, 6.07) is 7.74. The maximum absolute atomic E-state index is 12.5. The molecule has 5 heteroatoms. The van der Waals surface area contributed by atoms with Crippen molar-refractivity contribution in [2.75, 3.05) is 14.2 Å². The summed E-state index contributed by atoms with van der Waals surface area (Å²) in [5.74, 6) is 1.55. The van der Waals surface area contributed by atoms with E-state index in [0.717, 1.165) is 22.6 Å². The lowest BCUT2D eigenvalue weighted by molar-refractivity contribution is -0.131. The number of aromatic nitrogens is 1. The standard InChI is InChI=1S/C17H22N2O3/c1-11-16(13(3)22-18-11)10-17(20)19(4)12(2)14-6-8-15(21-5)9-7-14/h6-9,12H,10H2,1-5H3/t12-/m1/s1. The van der Waals surface area contributed by atoms with Gasteiger partial charge in [-0.25, -0.2) is 0 Å². The minimum atomic E-state index is -0.0149. The molecule has 0 aliphatic heterocycles. The van der Waals surface area contributed by atoms with Gasteiger partial charge in [0.2, 0.25) is 5.91 Å². The minimum absolute atomic E-state index is 0.0149. The fourth-order valence-electron chi connectivity index (χ4n) is 2.35. The normalized spacial score (nSPS) is 12.0. The van der Waals surface area contributed by atoms with Crippen molar-refractivity contribution in [3.8, 4) is 5.75 Å². The van der Waals surface area contributed by atoms with Gasteiger partial charge in [0.25, 0.3) is 0 Å². The first-order valence-corrected chi connectivity index (χ1v) is 7.25. The molecule has 1 aromatic carbocycles. The Morgan fingerprint density at radius 1 is 1.32 bits per heavy atom. The number of hydrogen-bond acceptors (Lipinski definition) is 4. The van der Waals surface area contributed by atoms with E-state index in [1.807, 2.05) is 52.1 Å². The number of ether oxygens (including phenoxy) is 1. The third kappa shape index (κ3) is 3.30. The second-order valence-corrected chi connectivity index (χ2v) is 5.43. The number of hydrogen-bond donors (Lipinski definition) is 0. The molecule has 0 fully saturated rings. The highest BCUT2D eigenvalue weighted by Gasteiger charge is 2.20. The molecule has 1 amide bonds. The zero-order chi connectivity index (χ0) is 16.3. The van der Waals surface area contributed by atoms with Crippen LogP contribution in [0.25, 0.3) is 0 Å². The van der Waals surface area contributed by atoms with Gasteiger partial charge >= 0.3 is 0 Å². The van der Waals surface area contributed by atoms with Crippen LogP contribution in [0.1, 0.15) is 35.5 Å². The number of amides is 1. The van der Waals surface area contributed by atoms with E-state index < -0.39 is 0 Å². The first-order chi connectivity index (χ1) is 10.4. The van der Waals surface area contributed by atoms with Gasteiger partial charge in [0, 0.05) is 12.6 Å². The van der Waals surface area contributed by atoms with E-state index in [4.69, 9.17) is 9.26 Å². The number of carbonyl (C=O) groups is 1. The highest BCUT2D eigenvalue weighted by molar-refractivity contribution is 5.79. The van der Waals surface area contributed by atoms with Gasteiger partial charge in [0.1, 0.15) is 11.5 Å². The van der Waals surface area contributed by atoms with E-state index in [2.05, 4.69) is 5.16 Å². The number of aryl methyl sites for hydroxylation is 2. The molecule has 0 saturated carbocycles. The lowest BCUT2D eigenvalue weighted by Crippen LogP contribution is -2.31. The number of likely N-dealkylation sites (N-methyl/N-ethyl adjacent to an activating group) is 1. The molecule has 0 N–H and O–H groups in total. The summed E-state index contributed by atoms with van der Waals surface area (Å²) in [4.78, 5) is 14.2. The van der Waals surface area contributed by atoms with Crippen LogP contribution in [-0.4, -0.2) is 30.1 Å². The summed E-state index contributed by atoms with van der Waals surface area (Å²) >= 11 is 0. The number of methoxy groups -OCH3 is 1. The molecule has 0 aliphatic rings. The largest absolute Gasteiger partial charge is 0.497 e. The number of nitrogens with zero attached hydrogens (tertiary/aromatic N) is 2. The Hall–Kier alpha value is -2.30. The Balaban J connectivity index is 2.09. The summed E-state index contributed by atoms with van der Waals surface area (Å²) in [5, 5.41) is 3.89. The average Bonchev–Trinajstić information content (AvgIpc) is 2.85. The Kier molecular flexibility index (Phi) is 4.85. The lowest BCUT2D eigenvalue weighted by Gasteiger charge is -2.25. The molecule has 118 valence electrons. The summed E-state index contributed by atoms with van der Waals surface area (Å²) in [6.07, 6.45) is 0.304. The molecule has 0 bridgehead atoms. The molecule has 22 heavy (non-hydrogen) atoms. The van der Waals surface area contributed by atoms with Crippen molar-refractivity contribution in [3.63, 3.8) is 0 Å². The molecular weight excluding hydrogens is 280 g/mol.